The molecule has 1 atom stereocenters. The molecule has 2 aliphatic rings. The van der Waals surface area contributed by atoms with Gasteiger partial charge in [0.15, 0.2) is 0 Å². The van der Waals surface area contributed by atoms with Gasteiger partial charge in [0, 0.05) is 6.54 Å². The molecule has 0 bridgehead atoms. The van der Waals surface area contributed by atoms with Crippen LogP contribution in [0.15, 0.2) is 16.8 Å². The predicted molar refractivity (Wildman–Crippen MR) is 59.5 cm³/mol. The van der Waals surface area contributed by atoms with Gasteiger partial charge in [-0.15, -0.1) is 0 Å². The fraction of sp³-hybridized carbons (Fsp3) is 0.364. The van der Waals surface area contributed by atoms with Gasteiger partial charge in [0.25, 0.3) is 5.91 Å². The zero-order chi connectivity index (χ0) is 11.4. The highest BCUT2D eigenvalue weighted by atomic mass is 16.6. The van der Waals surface area contributed by atoms with Gasteiger partial charge in [0.1, 0.15) is 17.2 Å². The molecular formula is C11H10N4O2. The number of hydrogen-bond donors (Lipinski definition) is 1. The van der Waals surface area contributed by atoms with Crippen LogP contribution in [-0.2, 0) is 0 Å². The Morgan fingerprint density at radius 3 is 3.06 bits per heavy atom. The number of carbonyl (C=O) groups excluding carboxylic acids is 1. The number of rotatable bonds is 0. The van der Waals surface area contributed by atoms with E-state index in [0.717, 1.165) is 25.1 Å². The largest absolute Gasteiger partial charge is 0.364 e. The SMILES string of the molecule is O=C1c2cc3nonc3cc2NC2CCCN12. The van der Waals surface area contributed by atoms with Crippen molar-refractivity contribution in [3.8, 4) is 0 Å². The highest BCUT2D eigenvalue weighted by molar-refractivity contribution is 6.05. The summed E-state index contributed by atoms with van der Waals surface area (Å²) >= 11 is 0. The second-order valence-corrected chi connectivity index (χ2v) is 4.45. The first-order valence-corrected chi connectivity index (χ1v) is 5.67. The summed E-state index contributed by atoms with van der Waals surface area (Å²) in [6.45, 7) is 0.824. The maximum atomic E-state index is 12.3. The highest BCUT2D eigenvalue weighted by Gasteiger charge is 2.35. The van der Waals surface area contributed by atoms with E-state index in [4.69, 9.17) is 0 Å². The quantitative estimate of drug-likeness (QED) is 0.736. The van der Waals surface area contributed by atoms with Crippen LogP contribution in [0.5, 0.6) is 0 Å². The molecule has 6 heteroatoms. The van der Waals surface area contributed by atoms with Gasteiger partial charge < -0.3 is 10.2 Å². The van der Waals surface area contributed by atoms with Crippen LogP contribution >= 0.6 is 0 Å². The van der Waals surface area contributed by atoms with Crippen LogP contribution in [0.25, 0.3) is 11.0 Å². The lowest BCUT2D eigenvalue weighted by molar-refractivity contribution is 0.0741. The minimum absolute atomic E-state index is 0.0751. The second kappa shape index (κ2) is 2.97. The van der Waals surface area contributed by atoms with Crippen LogP contribution in [0.2, 0.25) is 0 Å². The van der Waals surface area contributed by atoms with Crippen LogP contribution < -0.4 is 5.32 Å². The van der Waals surface area contributed by atoms with Crippen molar-refractivity contribution >= 4 is 22.6 Å². The molecule has 0 aliphatic carbocycles. The van der Waals surface area contributed by atoms with Gasteiger partial charge in [-0.2, -0.15) is 0 Å². The molecule has 1 unspecified atom stereocenters. The molecule has 3 heterocycles. The van der Waals surface area contributed by atoms with E-state index in [-0.39, 0.29) is 12.1 Å². The summed E-state index contributed by atoms with van der Waals surface area (Å²) in [7, 11) is 0. The van der Waals surface area contributed by atoms with Crippen LogP contribution in [0.4, 0.5) is 5.69 Å². The van der Waals surface area contributed by atoms with Crippen molar-refractivity contribution in [3.63, 3.8) is 0 Å². The zero-order valence-electron chi connectivity index (χ0n) is 9.01. The van der Waals surface area contributed by atoms with E-state index in [1.165, 1.54) is 0 Å². The molecule has 1 amide bonds. The number of benzene rings is 1. The van der Waals surface area contributed by atoms with E-state index >= 15 is 0 Å². The van der Waals surface area contributed by atoms with Crippen LogP contribution in [0.1, 0.15) is 23.2 Å². The third-order valence-corrected chi connectivity index (χ3v) is 3.46. The average molecular weight is 230 g/mol. The molecule has 1 saturated heterocycles. The molecule has 17 heavy (non-hydrogen) atoms. The minimum Gasteiger partial charge on any atom is -0.364 e. The number of nitrogens with zero attached hydrogens (tertiary/aromatic N) is 3. The third kappa shape index (κ3) is 1.12. The molecule has 2 aliphatic heterocycles. The topological polar surface area (TPSA) is 71.3 Å². The number of carbonyl (C=O) groups is 1. The Balaban J connectivity index is 1.93. The van der Waals surface area contributed by atoms with E-state index in [0.29, 0.717) is 16.6 Å². The van der Waals surface area contributed by atoms with Gasteiger partial charge in [-0.3, -0.25) is 4.79 Å². The highest BCUT2D eigenvalue weighted by Crippen LogP contribution is 2.32. The standard InChI is InChI=1S/C11H10N4O2/c16-11-6-4-8-9(14-17-13-8)5-7(6)12-10-2-1-3-15(10)11/h4-5,10,12H,1-3H2. The van der Waals surface area contributed by atoms with Gasteiger partial charge in [0.05, 0.1) is 11.3 Å². The summed E-state index contributed by atoms with van der Waals surface area (Å²) in [5, 5.41) is 10.9. The van der Waals surface area contributed by atoms with Crippen molar-refractivity contribution in [3.05, 3.63) is 17.7 Å². The van der Waals surface area contributed by atoms with Crippen molar-refractivity contribution in [2.75, 3.05) is 11.9 Å². The smallest absolute Gasteiger partial charge is 0.257 e. The van der Waals surface area contributed by atoms with Crippen LogP contribution in [0, 0.1) is 0 Å². The Hall–Kier alpha value is -2.11. The predicted octanol–water partition coefficient (Wildman–Crippen LogP) is 1.21. The van der Waals surface area contributed by atoms with E-state index < -0.39 is 0 Å². The Morgan fingerprint density at radius 1 is 1.35 bits per heavy atom. The van der Waals surface area contributed by atoms with Gasteiger partial charge in [0.2, 0.25) is 0 Å². The van der Waals surface area contributed by atoms with E-state index in [9.17, 15) is 4.79 Å². The van der Waals surface area contributed by atoms with Crippen LogP contribution in [0.3, 0.4) is 0 Å². The number of aromatic nitrogens is 2. The second-order valence-electron chi connectivity index (χ2n) is 4.45. The summed E-state index contributed by atoms with van der Waals surface area (Å²) in [5.74, 6) is 0.0751. The monoisotopic (exact) mass is 230 g/mol. The molecule has 0 radical (unpaired) electrons. The number of hydrogen-bond acceptors (Lipinski definition) is 5. The first-order valence-electron chi connectivity index (χ1n) is 5.67. The maximum absolute atomic E-state index is 12.3. The molecular weight excluding hydrogens is 220 g/mol. The molecule has 1 aromatic carbocycles. The summed E-state index contributed by atoms with van der Waals surface area (Å²) in [6.07, 6.45) is 2.18. The lowest BCUT2D eigenvalue weighted by Crippen LogP contribution is -2.44. The molecule has 86 valence electrons. The molecule has 4 rings (SSSR count). The Bertz CT molecular complexity index is 621. The average Bonchev–Trinajstić information content (AvgIpc) is 2.94. The van der Waals surface area contributed by atoms with Crippen molar-refractivity contribution in [2.24, 2.45) is 0 Å². The molecule has 1 aromatic heterocycles. The first kappa shape index (κ1) is 8.98. The van der Waals surface area contributed by atoms with Gasteiger partial charge in [-0.25, -0.2) is 4.63 Å². The lowest BCUT2D eigenvalue weighted by atomic mass is 10.1. The van der Waals surface area contributed by atoms with Gasteiger partial charge in [-0.1, -0.05) is 0 Å². The van der Waals surface area contributed by atoms with Crippen LogP contribution in [-0.4, -0.2) is 33.8 Å². The molecule has 1 fully saturated rings. The number of anilines is 1. The zero-order valence-corrected chi connectivity index (χ0v) is 9.01. The van der Waals surface area contributed by atoms with Crippen molar-refractivity contribution in [1.82, 2.24) is 15.2 Å². The fourth-order valence-corrected chi connectivity index (χ4v) is 2.62. The number of fused-ring (bicyclic) bond motifs is 3. The van der Waals surface area contributed by atoms with Crippen molar-refractivity contribution in [1.29, 1.82) is 0 Å². The summed E-state index contributed by atoms with van der Waals surface area (Å²) in [5.41, 5.74) is 2.79. The van der Waals surface area contributed by atoms with Gasteiger partial charge >= 0.3 is 0 Å². The Kier molecular flexibility index (Phi) is 1.57. The molecule has 0 saturated carbocycles. The molecule has 2 aromatic rings. The third-order valence-electron chi connectivity index (χ3n) is 3.46. The molecule has 1 N–H and O–H groups in total. The van der Waals surface area contributed by atoms with E-state index in [1.807, 2.05) is 11.0 Å². The summed E-state index contributed by atoms with van der Waals surface area (Å²) < 4.78 is 4.66. The Morgan fingerprint density at radius 2 is 2.18 bits per heavy atom. The van der Waals surface area contributed by atoms with Crippen molar-refractivity contribution in [2.45, 2.75) is 19.0 Å². The van der Waals surface area contributed by atoms with E-state index in [2.05, 4.69) is 20.3 Å². The normalized spacial score (nSPS) is 22.5. The minimum atomic E-state index is 0.0751. The lowest BCUT2D eigenvalue weighted by Gasteiger charge is -2.32. The molecule has 0 spiro atoms. The van der Waals surface area contributed by atoms with Gasteiger partial charge in [-0.05, 0) is 35.3 Å². The first-order chi connectivity index (χ1) is 8.33. The summed E-state index contributed by atoms with van der Waals surface area (Å²) in [6, 6.07) is 3.57. The maximum Gasteiger partial charge on any atom is 0.257 e. The fourth-order valence-electron chi connectivity index (χ4n) is 2.62. The molecule has 6 nitrogen and oxygen atoms in total. The number of amides is 1. The Labute approximate surface area is 96.5 Å². The van der Waals surface area contributed by atoms with E-state index in [1.54, 1.807) is 6.07 Å². The number of nitrogens with one attached hydrogen (secondary N) is 1. The summed E-state index contributed by atoms with van der Waals surface area (Å²) in [4.78, 5) is 14.1. The van der Waals surface area contributed by atoms with Crippen molar-refractivity contribution < 1.29 is 9.42 Å².